The highest BCUT2D eigenvalue weighted by atomic mass is 35.5. The lowest BCUT2D eigenvalue weighted by Gasteiger charge is -2.12. The Morgan fingerprint density at radius 1 is 1.21 bits per heavy atom. The molecule has 0 saturated carbocycles. The lowest BCUT2D eigenvalue weighted by Crippen LogP contribution is -2.86. The number of rotatable bonds is 6. The highest BCUT2D eigenvalue weighted by Gasteiger charge is 2.14. The number of anilines is 1. The molecule has 5 nitrogen and oxygen atoms in total. The minimum Gasteiger partial charge on any atom is -0.332 e. The first-order valence-corrected chi connectivity index (χ1v) is 9.72. The van der Waals surface area contributed by atoms with Crippen LogP contribution in [0.25, 0.3) is 0 Å². The van der Waals surface area contributed by atoms with Gasteiger partial charge >= 0.3 is 0 Å². The third-order valence-corrected chi connectivity index (χ3v) is 5.05. The number of benzene rings is 2. The Balaban J connectivity index is 1.96. The molecule has 2 aromatic carbocycles. The van der Waals surface area contributed by atoms with Gasteiger partial charge in [0.05, 0.1) is 4.90 Å². The van der Waals surface area contributed by atoms with Gasteiger partial charge in [0.15, 0.2) is 16.4 Å². The van der Waals surface area contributed by atoms with Crippen molar-refractivity contribution in [2.45, 2.75) is 17.9 Å². The highest BCUT2D eigenvalue weighted by molar-refractivity contribution is 7.90. The molecular weight excluding hydrogens is 348 g/mol. The van der Waals surface area contributed by atoms with Crippen LogP contribution in [0.5, 0.6) is 0 Å². The number of nitrogens with two attached hydrogens (primary N) is 1. The zero-order valence-corrected chi connectivity index (χ0v) is 15.1. The molecule has 1 amide bonds. The van der Waals surface area contributed by atoms with Crippen LogP contribution in [0.1, 0.15) is 18.5 Å². The van der Waals surface area contributed by atoms with E-state index in [0.717, 1.165) is 11.8 Å². The summed E-state index contributed by atoms with van der Waals surface area (Å²) in [6, 6.07) is 13.7. The van der Waals surface area contributed by atoms with E-state index in [1.165, 1.54) is 12.1 Å². The third kappa shape index (κ3) is 5.06. The van der Waals surface area contributed by atoms with Gasteiger partial charge in [-0.05, 0) is 31.2 Å². The molecule has 0 radical (unpaired) electrons. The Morgan fingerprint density at radius 2 is 1.92 bits per heavy atom. The first-order valence-electron chi connectivity index (χ1n) is 7.45. The minimum absolute atomic E-state index is 0.0341. The zero-order chi connectivity index (χ0) is 17.7. The number of halogens is 1. The maximum atomic E-state index is 12.1. The molecule has 2 aromatic rings. The van der Waals surface area contributed by atoms with Crippen molar-refractivity contribution in [2.75, 3.05) is 18.1 Å². The molecule has 128 valence electrons. The van der Waals surface area contributed by atoms with Gasteiger partial charge in [-0.25, -0.2) is 8.42 Å². The summed E-state index contributed by atoms with van der Waals surface area (Å²) < 4.78 is 23.1. The van der Waals surface area contributed by atoms with Crippen LogP contribution in [-0.2, 0) is 14.6 Å². The average Bonchev–Trinajstić information content (AvgIpc) is 2.52. The molecule has 0 aliphatic rings. The van der Waals surface area contributed by atoms with E-state index >= 15 is 0 Å². The number of sulfone groups is 1. The van der Waals surface area contributed by atoms with Gasteiger partial charge < -0.3 is 10.6 Å². The molecule has 0 heterocycles. The molecular formula is C17H20ClN2O3S+. The molecule has 0 aromatic heterocycles. The second-order valence-electron chi connectivity index (χ2n) is 5.60. The number of amides is 1. The van der Waals surface area contributed by atoms with E-state index in [-0.39, 0.29) is 23.4 Å². The molecule has 0 aliphatic carbocycles. The fourth-order valence-corrected chi connectivity index (χ4v) is 3.25. The van der Waals surface area contributed by atoms with Crippen LogP contribution >= 0.6 is 11.6 Å². The summed E-state index contributed by atoms with van der Waals surface area (Å²) in [6.07, 6.45) is 1.13. The first kappa shape index (κ1) is 18.4. The van der Waals surface area contributed by atoms with Crippen LogP contribution in [0.15, 0.2) is 53.4 Å². The van der Waals surface area contributed by atoms with Gasteiger partial charge in [0.2, 0.25) is 0 Å². The van der Waals surface area contributed by atoms with Gasteiger partial charge in [0, 0.05) is 22.5 Å². The largest absolute Gasteiger partial charge is 0.332 e. The third-order valence-electron chi connectivity index (χ3n) is 3.60. The van der Waals surface area contributed by atoms with Gasteiger partial charge in [-0.15, -0.1) is 0 Å². The lowest BCUT2D eigenvalue weighted by atomic mass is 10.1. The quantitative estimate of drug-likeness (QED) is 0.819. The van der Waals surface area contributed by atoms with Crippen LogP contribution in [-0.4, -0.2) is 27.1 Å². The van der Waals surface area contributed by atoms with Crippen molar-refractivity contribution in [3.63, 3.8) is 0 Å². The zero-order valence-electron chi connectivity index (χ0n) is 13.5. The molecule has 2 rings (SSSR count). The van der Waals surface area contributed by atoms with Gasteiger partial charge in [-0.3, -0.25) is 4.79 Å². The summed E-state index contributed by atoms with van der Waals surface area (Å²) in [5.74, 6) is -0.209. The summed E-state index contributed by atoms with van der Waals surface area (Å²) in [5.41, 5.74) is 1.42. The Morgan fingerprint density at radius 3 is 2.58 bits per heavy atom. The summed E-state index contributed by atoms with van der Waals surface area (Å²) in [7, 11) is -3.30. The summed E-state index contributed by atoms with van der Waals surface area (Å²) in [5, 5.41) is 5.25. The van der Waals surface area contributed by atoms with Gasteiger partial charge in [-0.1, -0.05) is 35.9 Å². The van der Waals surface area contributed by atoms with Gasteiger partial charge in [-0.2, -0.15) is 0 Å². The molecule has 7 heteroatoms. The number of hydrogen-bond donors (Lipinski definition) is 2. The van der Waals surface area contributed by atoms with Crippen LogP contribution in [0.4, 0.5) is 5.69 Å². The highest BCUT2D eigenvalue weighted by Crippen LogP contribution is 2.19. The summed E-state index contributed by atoms with van der Waals surface area (Å²) >= 11 is 6.15. The fraction of sp³-hybridized carbons (Fsp3) is 0.235. The molecule has 0 aliphatic heterocycles. The monoisotopic (exact) mass is 367 g/mol. The molecule has 24 heavy (non-hydrogen) atoms. The maximum Gasteiger partial charge on any atom is 0.279 e. The minimum atomic E-state index is -3.30. The van der Waals surface area contributed by atoms with E-state index in [2.05, 4.69) is 5.32 Å². The smallest absolute Gasteiger partial charge is 0.279 e. The molecule has 0 unspecified atom stereocenters. The Kier molecular flexibility index (Phi) is 5.99. The van der Waals surface area contributed by atoms with Crippen molar-refractivity contribution in [1.29, 1.82) is 0 Å². The van der Waals surface area contributed by atoms with E-state index in [0.29, 0.717) is 10.7 Å². The SMILES string of the molecule is C[C@@H]([NH2+]CC(=O)Nc1cccc(S(C)(=O)=O)c1)c1ccccc1Cl. The Labute approximate surface area is 147 Å². The average molecular weight is 368 g/mol. The second-order valence-corrected chi connectivity index (χ2v) is 8.02. The van der Waals surface area contributed by atoms with Crippen molar-refractivity contribution >= 4 is 33.0 Å². The predicted octanol–water partition coefficient (Wildman–Crippen LogP) is 2.01. The van der Waals surface area contributed by atoms with Crippen LogP contribution in [0, 0.1) is 0 Å². The lowest BCUT2D eigenvalue weighted by molar-refractivity contribution is -0.682. The predicted molar refractivity (Wildman–Crippen MR) is 94.8 cm³/mol. The van der Waals surface area contributed by atoms with Crippen molar-refractivity contribution in [3.05, 3.63) is 59.1 Å². The van der Waals surface area contributed by atoms with Crippen molar-refractivity contribution in [3.8, 4) is 0 Å². The molecule has 1 atom stereocenters. The number of hydrogen-bond acceptors (Lipinski definition) is 3. The molecule has 0 bridgehead atoms. The van der Waals surface area contributed by atoms with E-state index in [9.17, 15) is 13.2 Å². The normalized spacial score (nSPS) is 12.6. The number of nitrogens with one attached hydrogen (secondary N) is 1. The maximum absolute atomic E-state index is 12.1. The molecule has 0 fully saturated rings. The molecule has 0 saturated heterocycles. The van der Waals surface area contributed by atoms with Crippen LogP contribution < -0.4 is 10.6 Å². The van der Waals surface area contributed by atoms with Gasteiger partial charge in [0.25, 0.3) is 5.91 Å². The summed E-state index contributed by atoms with van der Waals surface area (Å²) in [4.78, 5) is 12.2. The van der Waals surface area contributed by atoms with E-state index < -0.39 is 9.84 Å². The Bertz CT molecular complexity index is 837. The standard InChI is InChI=1S/C17H19ClN2O3S/c1-12(15-8-3-4-9-16(15)18)19-11-17(21)20-13-6-5-7-14(10-13)24(2,22)23/h3-10,12,19H,11H2,1-2H3,(H,20,21)/p+1/t12-/m1/s1. The molecule has 3 N–H and O–H groups in total. The van der Waals surface area contributed by atoms with Crippen molar-refractivity contribution in [2.24, 2.45) is 0 Å². The van der Waals surface area contributed by atoms with E-state index in [4.69, 9.17) is 11.6 Å². The van der Waals surface area contributed by atoms with Gasteiger partial charge in [0.1, 0.15) is 6.04 Å². The molecule has 0 spiro atoms. The Hall–Kier alpha value is -1.89. The van der Waals surface area contributed by atoms with Crippen LogP contribution in [0.2, 0.25) is 5.02 Å². The number of carbonyl (C=O) groups is 1. The topological polar surface area (TPSA) is 79.8 Å². The van der Waals surface area contributed by atoms with Crippen LogP contribution in [0.3, 0.4) is 0 Å². The summed E-state index contributed by atoms with van der Waals surface area (Å²) in [6.45, 7) is 2.17. The number of quaternary nitrogens is 1. The fourth-order valence-electron chi connectivity index (χ4n) is 2.27. The van der Waals surface area contributed by atoms with Crippen molar-refractivity contribution in [1.82, 2.24) is 0 Å². The number of carbonyl (C=O) groups excluding carboxylic acids is 1. The first-order chi connectivity index (χ1) is 11.3. The van der Waals surface area contributed by atoms with E-state index in [1.807, 2.05) is 36.5 Å². The van der Waals surface area contributed by atoms with E-state index in [1.54, 1.807) is 12.1 Å². The second kappa shape index (κ2) is 7.79. The van der Waals surface area contributed by atoms with Crippen molar-refractivity contribution < 1.29 is 18.5 Å².